The number of nitrogens with one attached hydrogen (secondary N) is 1. The number of carbonyl (C=O) groups excluding carboxylic acids is 1. The first-order valence-electron chi connectivity index (χ1n) is 7.54. The summed E-state index contributed by atoms with van der Waals surface area (Å²) in [4.78, 5) is 41.0. The van der Waals surface area contributed by atoms with Crippen molar-refractivity contribution < 1.29 is 14.7 Å². The van der Waals surface area contributed by atoms with E-state index >= 15 is 0 Å². The van der Waals surface area contributed by atoms with Crippen molar-refractivity contribution >= 4 is 33.4 Å². The molecule has 3 rings (SSSR count). The largest absolute Gasteiger partial charge is 0.481 e. The average molecular weight is 335 g/mol. The van der Waals surface area contributed by atoms with Gasteiger partial charge in [-0.15, -0.1) is 11.3 Å². The Morgan fingerprint density at radius 3 is 2.96 bits per heavy atom. The van der Waals surface area contributed by atoms with Crippen molar-refractivity contribution in [3.05, 3.63) is 27.1 Å². The highest BCUT2D eigenvalue weighted by Gasteiger charge is 2.21. The first kappa shape index (κ1) is 15.7. The normalized spacial score (nSPS) is 13.2. The molecule has 0 saturated carbocycles. The number of amides is 1. The molecule has 1 amide bonds. The van der Waals surface area contributed by atoms with Crippen LogP contribution in [0.1, 0.15) is 29.7 Å². The molecular formula is C15H17N3O4S. The lowest BCUT2D eigenvalue weighted by Gasteiger charge is -2.06. The molecular weight excluding hydrogens is 318 g/mol. The Balaban J connectivity index is 1.69. The number of rotatable bonds is 6. The Morgan fingerprint density at radius 1 is 1.35 bits per heavy atom. The zero-order chi connectivity index (χ0) is 16.4. The fourth-order valence-electron chi connectivity index (χ4n) is 2.80. The van der Waals surface area contributed by atoms with Crippen molar-refractivity contribution in [3.63, 3.8) is 0 Å². The molecule has 122 valence electrons. The van der Waals surface area contributed by atoms with Gasteiger partial charge in [0.05, 0.1) is 18.1 Å². The highest BCUT2D eigenvalue weighted by molar-refractivity contribution is 7.18. The summed E-state index contributed by atoms with van der Waals surface area (Å²) < 4.78 is 1.46. The van der Waals surface area contributed by atoms with Gasteiger partial charge in [-0.05, 0) is 24.8 Å². The van der Waals surface area contributed by atoms with Gasteiger partial charge in [-0.25, -0.2) is 4.98 Å². The number of carbonyl (C=O) groups is 2. The molecule has 8 heteroatoms. The Kier molecular flexibility index (Phi) is 4.42. The van der Waals surface area contributed by atoms with Gasteiger partial charge in [0.2, 0.25) is 5.91 Å². The number of carboxylic acid groups (broad SMARTS) is 1. The molecule has 2 aromatic heterocycles. The maximum absolute atomic E-state index is 12.6. The summed E-state index contributed by atoms with van der Waals surface area (Å²) in [7, 11) is 0. The van der Waals surface area contributed by atoms with E-state index in [1.807, 2.05) is 0 Å². The Morgan fingerprint density at radius 2 is 2.17 bits per heavy atom. The summed E-state index contributed by atoms with van der Waals surface area (Å²) in [5.41, 5.74) is 1.04. The zero-order valence-electron chi connectivity index (χ0n) is 12.5. The molecule has 0 bridgehead atoms. The summed E-state index contributed by atoms with van der Waals surface area (Å²) in [6.45, 7) is 0.337. The van der Waals surface area contributed by atoms with Crippen LogP contribution >= 0.6 is 11.3 Å². The number of carboxylic acids is 1. The van der Waals surface area contributed by atoms with Gasteiger partial charge in [0, 0.05) is 24.4 Å². The van der Waals surface area contributed by atoms with E-state index in [0.717, 1.165) is 29.7 Å². The minimum absolute atomic E-state index is 0.0901. The second-order valence-electron chi connectivity index (χ2n) is 5.52. The number of fused-ring (bicyclic) bond motifs is 3. The molecule has 0 unspecified atom stereocenters. The third kappa shape index (κ3) is 3.26. The van der Waals surface area contributed by atoms with E-state index in [-0.39, 0.29) is 37.4 Å². The molecule has 0 spiro atoms. The zero-order valence-corrected chi connectivity index (χ0v) is 13.3. The molecule has 0 aromatic carbocycles. The molecule has 0 atom stereocenters. The second-order valence-corrected chi connectivity index (χ2v) is 6.61. The van der Waals surface area contributed by atoms with Crippen LogP contribution in [0.25, 0.3) is 10.2 Å². The molecule has 0 radical (unpaired) electrons. The van der Waals surface area contributed by atoms with Gasteiger partial charge in [-0.1, -0.05) is 0 Å². The first-order chi connectivity index (χ1) is 11.1. The highest BCUT2D eigenvalue weighted by atomic mass is 32.1. The molecule has 23 heavy (non-hydrogen) atoms. The van der Waals surface area contributed by atoms with Crippen LogP contribution in [-0.2, 0) is 29.0 Å². The molecule has 2 N–H and O–H groups in total. The molecule has 1 aliphatic rings. The monoisotopic (exact) mass is 335 g/mol. The van der Waals surface area contributed by atoms with Gasteiger partial charge in [0.1, 0.15) is 4.83 Å². The van der Waals surface area contributed by atoms with Crippen LogP contribution in [0, 0.1) is 0 Å². The van der Waals surface area contributed by atoms with Crippen LogP contribution in [0.3, 0.4) is 0 Å². The molecule has 7 nitrogen and oxygen atoms in total. The van der Waals surface area contributed by atoms with Gasteiger partial charge < -0.3 is 10.4 Å². The maximum atomic E-state index is 12.6. The maximum Gasteiger partial charge on any atom is 0.305 e. The van der Waals surface area contributed by atoms with Crippen LogP contribution in [-0.4, -0.2) is 33.1 Å². The van der Waals surface area contributed by atoms with Crippen molar-refractivity contribution in [2.45, 2.75) is 38.6 Å². The van der Waals surface area contributed by atoms with E-state index in [2.05, 4.69) is 10.3 Å². The summed E-state index contributed by atoms with van der Waals surface area (Å²) in [5.74, 6) is -1.23. The number of aryl methyl sites for hydroxylation is 3. The van der Waals surface area contributed by atoms with Gasteiger partial charge in [-0.3, -0.25) is 19.0 Å². The van der Waals surface area contributed by atoms with Crippen LogP contribution in [0.4, 0.5) is 0 Å². The van der Waals surface area contributed by atoms with Crippen LogP contribution in [0.2, 0.25) is 0 Å². The predicted molar refractivity (Wildman–Crippen MR) is 85.8 cm³/mol. The molecule has 0 fully saturated rings. The summed E-state index contributed by atoms with van der Waals surface area (Å²) in [6, 6.07) is 0. The number of hydrogen-bond acceptors (Lipinski definition) is 5. The van der Waals surface area contributed by atoms with E-state index in [4.69, 9.17) is 5.11 Å². The molecule has 0 aliphatic heterocycles. The van der Waals surface area contributed by atoms with Crippen molar-refractivity contribution in [3.8, 4) is 0 Å². The van der Waals surface area contributed by atoms with E-state index in [0.29, 0.717) is 5.39 Å². The Labute approximate surface area is 136 Å². The summed E-state index contributed by atoms with van der Waals surface area (Å²) >= 11 is 1.59. The predicted octanol–water partition coefficient (Wildman–Crippen LogP) is 0.928. The number of thiophene rings is 1. The van der Waals surface area contributed by atoms with Crippen LogP contribution in [0.5, 0.6) is 0 Å². The lowest BCUT2D eigenvalue weighted by molar-refractivity contribution is -0.136. The SMILES string of the molecule is O=C(O)CCNC(=O)CCn1cnc2sc3c(c2c1=O)CCC3. The molecule has 2 heterocycles. The molecule has 2 aromatic rings. The van der Waals surface area contributed by atoms with Gasteiger partial charge in [-0.2, -0.15) is 0 Å². The van der Waals surface area contributed by atoms with Crippen molar-refractivity contribution in [2.24, 2.45) is 0 Å². The second kappa shape index (κ2) is 6.49. The summed E-state index contributed by atoms with van der Waals surface area (Å²) in [5, 5.41) is 11.8. The van der Waals surface area contributed by atoms with Crippen molar-refractivity contribution in [1.29, 1.82) is 0 Å². The fraction of sp³-hybridized carbons (Fsp3) is 0.467. The minimum Gasteiger partial charge on any atom is -0.481 e. The van der Waals surface area contributed by atoms with E-state index in [1.54, 1.807) is 11.3 Å². The number of hydrogen-bond donors (Lipinski definition) is 2. The molecule has 1 aliphatic carbocycles. The molecule has 0 saturated heterocycles. The standard InChI is InChI=1S/C15H17N3O4S/c19-11(16-6-4-12(20)21)5-7-18-8-17-14-13(15(18)22)9-2-1-3-10(9)23-14/h8H,1-7H2,(H,16,19)(H,20,21). The van der Waals surface area contributed by atoms with E-state index in [1.165, 1.54) is 15.8 Å². The quantitative estimate of drug-likeness (QED) is 0.818. The van der Waals surface area contributed by atoms with E-state index < -0.39 is 5.97 Å². The Bertz CT molecular complexity index is 824. The van der Waals surface area contributed by atoms with Crippen LogP contribution < -0.4 is 10.9 Å². The van der Waals surface area contributed by atoms with Gasteiger partial charge >= 0.3 is 5.97 Å². The number of aromatic nitrogens is 2. The minimum atomic E-state index is -0.956. The third-order valence-electron chi connectivity index (χ3n) is 3.93. The lowest BCUT2D eigenvalue weighted by Crippen LogP contribution is -2.29. The lowest BCUT2D eigenvalue weighted by atomic mass is 10.2. The Hall–Kier alpha value is -2.22. The summed E-state index contributed by atoms with van der Waals surface area (Å²) in [6.07, 6.45) is 4.52. The van der Waals surface area contributed by atoms with Gasteiger partial charge in [0.15, 0.2) is 0 Å². The van der Waals surface area contributed by atoms with Gasteiger partial charge in [0.25, 0.3) is 5.56 Å². The van der Waals surface area contributed by atoms with Crippen molar-refractivity contribution in [2.75, 3.05) is 6.54 Å². The topological polar surface area (TPSA) is 101 Å². The van der Waals surface area contributed by atoms with Crippen molar-refractivity contribution in [1.82, 2.24) is 14.9 Å². The van der Waals surface area contributed by atoms with Crippen LogP contribution in [0.15, 0.2) is 11.1 Å². The third-order valence-corrected chi connectivity index (χ3v) is 5.13. The smallest absolute Gasteiger partial charge is 0.305 e. The first-order valence-corrected chi connectivity index (χ1v) is 8.36. The highest BCUT2D eigenvalue weighted by Crippen LogP contribution is 2.34. The number of nitrogens with zero attached hydrogens (tertiary/aromatic N) is 2. The average Bonchev–Trinajstić information content (AvgIpc) is 3.06. The van der Waals surface area contributed by atoms with E-state index in [9.17, 15) is 14.4 Å². The fourth-order valence-corrected chi connectivity index (χ4v) is 4.02. The number of aliphatic carboxylic acids is 1.